The Balaban J connectivity index is 1.39. The molecule has 5 rings (SSSR count). The first-order valence-electron chi connectivity index (χ1n) is 9.93. The number of thiophene rings is 1. The van der Waals surface area contributed by atoms with Crippen LogP contribution in [0.25, 0.3) is 10.9 Å². The van der Waals surface area contributed by atoms with Gasteiger partial charge in [0.15, 0.2) is 0 Å². The van der Waals surface area contributed by atoms with E-state index in [9.17, 15) is 19.1 Å². The fraction of sp³-hybridized carbons (Fsp3) is 0.364. The van der Waals surface area contributed by atoms with Crippen LogP contribution >= 0.6 is 11.3 Å². The molecule has 1 spiro atoms. The van der Waals surface area contributed by atoms with E-state index in [1.165, 1.54) is 23.5 Å². The van der Waals surface area contributed by atoms with Crippen LogP contribution in [0.2, 0.25) is 0 Å². The molecule has 4 heterocycles. The van der Waals surface area contributed by atoms with Crippen molar-refractivity contribution in [2.45, 2.75) is 24.9 Å². The Kier molecular flexibility index (Phi) is 4.44. The van der Waals surface area contributed by atoms with Gasteiger partial charge in [-0.1, -0.05) is 0 Å². The second kappa shape index (κ2) is 6.92. The Morgan fingerprint density at radius 2 is 1.97 bits per heavy atom. The summed E-state index contributed by atoms with van der Waals surface area (Å²) >= 11 is 1.33. The number of aromatic nitrogens is 1. The molecule has 0 radical (unpaired) electrons. The lowest BCUT2D eigenvalue weighted by Crippen LogP contribution is -2.48. The van der Waals surface area contributed by atoms with Crippen LogP contribution in [0.3, 0.4) is 0 Å². The molecule has 0 aliphatic carbocycles. The van der Waals surface area contributed by atoms with E-state index in [1.807, 2.05) is 7.05 Å². The van der Waals surface area contributed by atoms with Crippen molar-refractivity contribution in [1.29, 1.82) is 0 Å². The van der Waals surface area contributed by atoms with Gasteiger partial charge in [0, 0.05) is 42.3 Å². The summed E-state index contributed by atoms with van der Waals surface area (Å²) in [6.45, 7) is 1.61. The molecular weight excluding hydrogens is 407 g/mol. The minimum absolute atomic E-state index is 0.0865. The molecule has 3 aromatic rings. The molecule has 2 aromatic heterocycles. The highest BCUT2D eigenvalue weighted by atomic mass is 32.1. The first-order valence-corrected chi connectivity index (χ1v) is 10.7. The number of carboxylic acid groups (broad SMARTS) is 1. The zero-order valence-corrected chi connectivity index (χ0v) is 17.3. The van der Waals surface area contributed by atoms with Crippen molar-refractivity contribution >= 4 is 34.1 Å². The topological polar surface area (TPSA) is 71.8 Å². The molecule has 0 saturated carbocycles. The van der Waals surface area contributed by atoms with Crippen LogP contribution in [0.4, 0.5) is 4.39 Å². The molecule has 1 fully saturated rings. The Hall–Kier alpha value is -2.71. The van der Waals surface area contributed by atoms with Crippen molar-refractivity contribution in [1.82, 2.24) is 9.47 Å². The molecule has 6 nitrogen and oxygen atoms in total. The summed E-state index contributed by atoms with van der Waals surface area (Å²) in [4.78, 5) is 27.8. The quantitative estimate of drug-likeness (QED) is 0.674. The smallest absolute Gasteiger partial charge is 0.345 e. The predicted molar refractivity (Wildman–Crippen MR) is 111 cm³/mol. The Morgan fingerprint density at radius 1 is 1.20 bits per heavy atom. The number of hydrogen-bond acceptors (Lipinski definition) is 4. The van der Waals surface area contributed by atoms with Gasteiger partial charge in [-0.05, 0) is 48.7 Å². The number of carbonyl (C=O) groups is 2. The number of amides is 1. The van der Waals surface area contributed by atoms with E-state index in [0.29, 0.717) is 48.5 Å². The maximum Gasteiger partial charge on any atom is 0.345 e. The average molecular weight is 428 g/mol. The highest BCUT2D eigenvalue weighted by Gasteiger charge is 2.43. The van der Waals surface area contributed by atoms with Gasteiger partial charge in [0.05, 0.1) is 12.2 Å². The molecule has 0 unspecified atom stereocenters. The van der Waals surface area contributed by atoms with Crippen LogP contribution in [0, 0.1) is 5.82 Å². The van der Waals surface area contributed by atoms with Crippen LogP contribution in [0.15, 0.2) is 30.3 Å². The lowest BCUT2D eigenvalue weighted by atomic mass is 9.82. The minimum Gasteiger partial charge on any atom is -0.477 e. The second-order valence-corrected chi connectivity index (χ2v) is 9.07. The number of ether oxygens (including phenoxy) is 1. The molecule has 1 N–H and O–H groups in total. The zero-order chi connectivity index (χ0) is 21.0. The number of nitrogens with zero attached hydrogens (tertiary/aromatic N) is 2. The predicted octanol–water partition coefficient (Wildman–Crippen LogP) is 3.78. The minimum atomic E-state index is -0.913. The standard InChI is InChI=1S/C22H21FN2O4S/c1-24-16-3-2-14(23)10-13(16)11-17(24)20(26)25-7-5-22(6-8-25)15-12-19(21(27)28)30-18(15)4-9-29-22/h2-3,10-12H,4-9H2,1H3,(H,27,28). The van der Waals surface area contributed by atoms with Crippen molar-refractivity contribution < 1.29 is 23.8 Å². The number of carbonyl (C=O) groups excluding carboxylic acids is 1. The number of hydrogen-bond donors (Lipinski definition) is 1. The van der Waals surface area contributed by atoms with Crippen molar-refractivity contribution in [3.8, 4) is 0 Å². The molecule has 156 valence electrons. The molecule has 1 amide bonds. The van der Waals surface area contributed by atoms with E-state index in [2.05, 4.69) is 0 Å². The van der Waals surface area contributed by atoms with Gasteiger partial charge < -0.3 is 19.3 Å². The van der Waals surface area contributed by atoms with Gasteiger partial charge >= 0.3 is 5.97 Å². The Bertz CT molecular complexity index is 1170. The van der Waals surface area contributed by atoms with Gasteiger partial charge in [-0.2, -0.15) is 0 Å². The van der Waals surface area contributed by atoms with E-state index >= 15 is 0 Å². The molecule has 0 atom stereocenters. The number of benzene rings is 1. The van der Waals surface area contributed by atoms with Gasteiger partial charge in [-0.3, -0.25) is 4.79 Å². The van der Waals surface area contributed by atoms with Gasteiger partial charge in [0.2, 0.25) is 0 Å². The summed E-state index contributed by atoms with van der Waals surface area (Å²) in [5.74, 6) is -1.32. The van der Waals surface area contributed by atoms with Crippen molar-refractivity contribution in [3.05, 3.63) is 57.2 Å². The Labute approximate surface area is 176 Å². The lowest BCUT2D eigenvalue weighted by Gasteiger charge is -2.44. The van der Waals surface area contributed by atoms with Crippen molar-refractivity contribution in [2.75, 3.05) is 19.7 Å². The summed E-state index contributed by atoms with van der Waals surface area (Å²) in [6.07, 6.45) is 1.98. The summed E-state index contributed by atoms with van der Waals surface area (Å²) in [6, 6.07) is 7.99. The maximum atomic E-state index is 13.6. The number of fused-ring (bicyclic) bond motifs is 3. The van der Waals surface area contributed by atoms with Gasteiger partial charge in [-0.25, -0.2) is 9.18 Å². The van der Waals surface area contributed by atoms with Crippen LogP contribution in [0.5, 0.6) is 0 Å². The summed E-state index contributed by atoms with van der Waals surface area (Å²) in [5.41, 5.74) is 1.80. The SMILES string of the molecule is Cn1c(C(=O)N2CCC3(CC2)OCCc2sc(C(=O)O)cc23)cc2cc(F)ccc21. The number of halogens is 1. The van der Waals surface area contributed by atoms with Crippen LogP contribution in [-0.4, -0.2) is 46.1 Å². The third-order valence-corrected chi connectivity index (χ3v) is 7.48. The third kappa shape index (κ3) is 2.94. The fourth-order valence-electron chi connectivity index (χ4n) is 4.69. The second-order valence-electron chi connectivity index (χ2n) is 7.93. The van der Waals surface area contributed by atoms with E-state index < -0.39 is 11.6 Å². The van der Waals surface area contributed by atoms with Crippen molar-refractivity contribution in [2.24, 2.45) is 7.05 Å². The maximum absolute atomic E-state index is 13.6. The van der Waals surface area contributed by atoms with E-state index in [1.54, 1.807) is 27.7 Å². The van der Waals surface area contributed by atoms with Crippen LogP contribution < -0.4 is 0 Å². The highest BCUT2D eigenvalue weighted by molar-refractivity contribution is 7.14. The van der Waals surface area contributed by atoms with Gasteiger partial charge in [0.25, 0.3) is 5.91 Å². The third-order valence-electron chi connectivity index (χ3n) is 6.30. The van der Waals surface area contributed by atoms with E-state index in [-0.39, 0.29) is 11.7 Å². The molecule has 8 heteroatoms. The van der Waals surface area contributed by atoms with Crippen molar-refractivity contribution in [3.63, 3.8) is 0 Å². The number of likely N-dealkylation sites (tertiary alicyclic amines) is 1. The monoisotopic (exact) mass is 428 g/mol. The van der Waals surface area contributed by atoms with Gasteiger partial charge in [0.1, 0.15) is 16.4 Å². The molecule has 2 aliphatic rings. The number of carboxylic acids is 1. The van der Waals surface area contributed by atoms with Gasteiger partial charge in [-0.15, -0.1) is 11.3 Å². The van der Waals surface area contributed by atoms with Crippen LogP contribution in [0.1, 0.15) is 43.4 Å². The summed E-state index contributed by atoms with van der Waals surface area (Å²) in [7, 11) is 1.81. The Morgan fingerprint density at radius 3 is 2.70 bits per heavy atom. The molecular formula is C22H21FN2O4S. The van der Waals surface area contributed by atoms with E-state index in [4.69, 9.17) is 4.74 Å². The molecule has 0 bridgehead atoms. The summed E-state index contributed by atoms with van der Waals surface area (Å²) in [5, 5.41) is 10.1. The zero-order valence-electron chi connectivity index (χ0n) is 16.5. The first kappa shape index (κ1) is 19.3. The molecule has 1 saturated heterocycles. The van der Waals surface area contributed by atoms with E-state index in [0.717, 1.165) is 22.4 Å². The highest BCUT2D eigenvalue weighted by Crippen LogP contribution is 2.44. The summed E-state index contributed by atoms with van der Waals surface area (Å²) < 4.78 is 21.5. The molecule has 1 aromatic carbocycles. The number of rotatable bonds is 2. The number of aromatic carboxylic acids is 1. The molecule has 2 aliphatic heterocycles. The number of aryl methyl sites for hydroxylation is 1. The van der Waals surface area contributed by atoms with Crippen LogP contribution in [-0.2, 0) is 23.8 Å². The fourth-order valence-corrected chi connectivity index (χ4v) is 5.76. The average Bonchev–Trinajstić information content (AvgIpc) is 3.31. The molecule has 30 heavy (non-hydrogen) atoms. The lowest BCUT2D eigenvalue weighted by molar-refractivity contribution is -0.0927. The largest absolute Gasteiger partial charge is 0.477 e. The number of piperidine rings is 1. The normalized spacial score (nSPS) is 18.0. The first-order chi connectivity index (χ1) is 14.4.